The number of sulfone groups is 1. The predicted octanol–water partition coefficient (Wildman–Crippen LogP) is -4.72. The zero-order chi connectivity index (χ0) is 8.20. The fraction of sp³-hybridized carbons (Fsp3) is 0.600. The Morgan fingerprint density at radius 3 is 2.08 bits per heavy atom. The summed E-state index contributed by atoms with van der Waals surface area (Å²) in [5, 5.41) is 16.5. The van der Waals surface area contributed by atoms with E-state index in [9.17, 15) is 13.2 Å². The summed E-state index contributed by atoms with van der Waals surface area (Å²) in [4.78, 5) is 9.59. The molecule has 0 saturated carbocycles. The average molecular weight is 205 g/mol. The van der Waals surface area contributed by atoms with E-state index in [2.05, 4.69) is 0 Å². The number of aliphatic hydroxyl groups is 2. The minimum absolute atomic E-state index is 0. The van der Waals surface area contributed by atoms with Crippen molar-refractivity contribution in [1.29, 1.82) is 0 Å². The van der Waals surface area contributed by atoms with Crippen LogP contribution < -0.4 is 29.6 Å². The third kappa shape index (κ3) is 6.10. The van der Waals surface area contributed by atoms with Gasteiger partial charge in [-0.3, -0.25) is 0 Å². The third-order valence-corrected chi connectivity index (χ3v) is 2.34. The molecule has 0 rings (SSSR count). The molecule has 0 aromatic rings. The molecule has 1 atom stereocenters. The number of rotatable bonds is 4. The average Bonchev–Trinajstić information content (AvgIpc) is 1.86. The minimum Gasteiger partial charge on any atom is -0.538 e. The molecule has 0 radical (unpaired) electrons. The third-order valence-electron chi connectivity index (χ3n) is 0.817. The number of carbonyl (C=O) groups excluding carboxylic acids is 1. The van der Waals surface area contributed by atoms with Crippen LogP contribution in [0.25, 0.3) is 0 Å². The van der Waals surface area contributed by atoms with Gasteiger partial charge in [0.15, 0.2) is 9.84 Å². The van der Waals surface area contributed by atoms with Gasteiger partial charge in [-0.05, 0) is 0 Å². The summed E-state index contributed by atoms with van der Waals surface area (Å²) in [6.07, 6.45) is 0.896. The van der Waals surface area contributed by atoms with Crippen LogP contribution in [0.3, 0.4) is 0 Å². The van der Waals surface area contributed by atoms with Crippen molar-refractivity contribution in [3.05, 3.63) is 7.43 Å². The van der Waals surface area contributed by atoms with Crippen molar-refractivity contribution < 1.29 is 53.0 Å². The molecule has 0 amide bonds. The van der Waals surface area contributed by atoms with Crippen molar-refractivity contribution in [1.82, 2.24) is 0 Å². The standard InChI is InChI=1S/C4H7O5S.CH3.Na/c5-1-2-10(8,9)4(7)3-6;;/h4-5,7H,1-2H2;1H3;/q2*-1;+1. The first kappa shape index (κ1) is 18.3. The zero-order valence-electron chi connectivity index (χ0n) is 7.02. The summed E-state index contributed by atoms with van der Waals surface area (Å²) in [5.41, 5.74) is -2.13. The maximum Gasteiger partial charge on any atom is 1.00 e. The Morgan fingerprint density at radius 1 is 1.42 bits per heavy atom. The van der Waals surface area contributed by atoms with E-state index in [0.717, 1.165) is 6.29 Å². The summed E-state index contributed by atoms with van der Waals surface area (Å²) in [6.45, 7) is -0.610. The molecule has 7 heteroatoms. The maximum absolute atomic E-state index is 10.5. The van der Waals surface area contributed by atoms with Gasteiger partial charge in [-0.2, -0.15) is 0 Å². The quantitative estimate of drug-likeness (QED) is 0.355. The molecule has 1 unspecified atom stereocenters. The topological polar surface area (TPSA) is 91.7 Å². The Bertz CT molecular complexity index is 200. The first-order valence-corrected chi connectivity index (χ1v) is 4.14. The minimum atomic E-state index is -3.88. The second-order valence-electron chi connectivity index (χ2n) is 1.56. The second-order valence-corrected chi connectivity index (χ2v) is 3.74. The van der Waals surface area contributed by atoms with Gasteiger partial charge in [0.2, 0.25) is 0 Å². The van der Waals surface area contributed by atoms with Gasteiger partial charge in [0.1, 0.15) is 0 Å². The van der Waals surface area contributed by atoms with E-state index in [1.165, 1.54) is 0 Å². The van der Waals surface area contributed by atoms with E-state index >= 15 is 0 Å². The molecule has 68 valence electrons. The summed E-state index contributed by atoms with van der Waals surface area (Å²) >= 11 is 0. The van der Waals surface area contributed by atoms with Gasteiger partial charge >= 0.3 is 29.6 Å². The molecule has 0 spiro atoms. The van der Waals surface area contributed by atoms with Gasteiger partial charge in [0, 0.05) is 0 Å². The van der Waals surface area contributed by atoms with Gasteiger partial charge in [-0.15, -0.1) is 0 Å². The molecule has 0 aliphatic heterocycles. The molecule has 12 heavy (non-hydrogen) atoms. The smallest absolute Gasteiger partial charge is 0.538 e. The fourth-order valence-corrected chi connectivity index (χ4v) is 0.937. The van der Waals surface area contributed by atoms with Gasteiger partial charge in [0.05, 0.1) is 17.8 Å². The van der Waals surface area contributed by atoms with Crippen LogP contribution in [0, 0.1) is 7.43 Å². The van der Waals surface area contributed by atoms with Crippen LogP contribution in [0.1, 0.15) is 0 Å². The first-order chi connectivity index (χ1) is 4.54. The van der Waals surface area contributed by atoms with Crippen LogP contribution in [-0.2, 0) is 14.6 Å². The number of hydrogen-bond acceptors (Lipinski definition) is 5. The van der Waals surface area contributed by atoms with Gasteiger partial charge in [-0.1, -0.05) is 0 Å². The monoisotopic (exact) mass is 205 g/mol. The predicted molar refractivity (Wildman–Crippen MR) is 39.0 cm³/mol. The fourth-order valence-electron chi connectivity index (χ4n) is 0.312. The first-order valence-electron chi connectivity index (χ1n) is 2.42. The molecule has 0 aliphatic rings. The van der Waals surface area contributed by atoms with Crippen molar-refractivity contribution in [3.63, 3.8) is 0 Å². The Labute approximate surface area is 94.0 Å². The van der Waals surface area contributed by atoms with Crippen molar-refractivity contribution >= 4 is 16.1 Å². The molecule has 2 N–H and O–H groups in total. The van der Waals surface area contributed by atoms with Crippen LogP contribution in [0.4, 0.5) is 0 Å². The van der Waals surface area contributed by atoms with Crippen LogP contribution in [0.2, 0.25) is 0 Å². The SMILES string of the molecule is O=[C-]C(O)S(=O)(=O)CCO.[CH3-].[Na+]. The van der Waals surface area contributed by atoms with Crippen molar-refractivity contribution in [2.45, 2.75) is 5.44 Å². The second kappa shape index (κ2) is 8.15. The van der Waals surface area contributed by atoms with Crippen molar-refractivity contribution in [2.24, 2.45) is 0 Å². The van der Waals surface area contributed by atoms with E-state index in [1.807, 2.05) is 0 Å². The Kier molecular flexibility index (Phi) is 12.5. The molecule has 0 aromatic heterocycles. The summed E-state index contributed by atoms with van der Waals surface area (Å²) in [5.74, 6) is -0.622. The molecule has 0 saturated heterocycles. The van der Waals surface area contributed by atoms with Gasteiger partial charge in [-0.25, -0.2) is 14.7 Å². The summed E-state index contributed by atoms with van der Waals surface area (Å²) < 4.78 is 21.0. The van der Waals surface area contributed by atoms with Crippen LogP contribution in [0.15, 0.2) is 0 Å². The summed E-state index contributed by atoms with van der Waals surface area (Å²) in [6, 6.07) is 0. The van der Waals surface area contributed by atoms with E-state index in [4.69, 9.17) is 10.2 Å². The molecular formula is C5H10NaO5S-. The van der Waals surface area contributed by atoms with E-state index in [1.54, 1.807) is 0 Å². The summed E-state index contributed by atoms with van der Waals surface area (Å²) in [7, 11) is -3.88. The molecule has 0 heterocycles. The zero-order valence-corrected chi connectivity index (χ0v) is 9.84. The van der Waals surface area contributed by atoms with E-state index in [-0.39, 0.29) is 37.0 Å². The number of aliphatic hydroxyl groups excluding tert-OH is 2. The normalized spacial score (nSPS) is 12.2. The van der Waals surface area contributed by atoms with Gasteiger partial charge < -0.3 is 22.4 Å². The molecule has 0 aliphatic carbocycles. The Morgan fingerprint density at radius 2 is 1.83 bits per heavy atom. The van der Waals surface area contributed by atoms with Gasteiger partial charge in [0.25, 0.3) is 0 Å². The maximum atomic E-state index is 10.5. The van der Waals surface area contributed by atoms with Crippen molar-refractivity contribution in [2.75, 3.05) is 12.4 Å². The molecule has 5 nitrogen and oxygen atoms in total. The van der Waals surface area contributed by atoms with E-state index in [0.29, 0.717) is 0 Å². The molecular weight excluding hydrogens is 195 g/mol. The molecule has 0 fully saturated rings. The van der Waals surface area contributed by atoms with Crippen LogP contribution >= 0.6 is 0 Å². The Balaban J connectivity index is -0.000000405. The molecule has 0 aromatic carbocycles. The van der Waals surface area contributed by atoms with Crippen molar-refractivity contribution in [3.8, 4) is 0 Å². The van der Waals surface area contributed by atoms with E-state index < -0.39 is 27.6 Å². The van der Waals surface area contributed by atoms with Crippen LogP contribution in [-0.4, -0.2) is 42.7 Å². The van der Waals surface area contributed by atoms with Crippen LogP contribution in [0.5, 0.6) is 0 Å². The largest absolute Gasteiger partial charge is 1.00 e. The Hall–Kier alpha value is 0.540. The number of hydrogen-bond donors (Lipinski definition) is 2. The molecule has 0 bridgehead atoms.